The number of carbonyl (C=O) groups excluding carboxylic acids is 1. The molecule has 0 aromatic heterocycles. The predicted octanol–water partition coefficient (Wildman–Crippen LogP) is 3.06. The lowest BCUT2D eigenvalue weighted by molar-refractivity contribution is -0.384. The number of amides is 1. The Morgan fingerprint density at radius 1 is 1.25 bits per heavy atom. The first-order valence-corrected chi connectivity index (χ1v) is 9.89. The number of hydrogen-bond donors (Lipinski definition) is 1. The van der Waals surface area contributed by atoms with Gasteiger partial charge in [0, 0.05) is 18.2 Å². The number of nitrogens with zero attached hydrogens (tertiary/aromatic N) is 2. The summed E-state index contributed by atoms with van der Waals surface area (Å²) < 4.78 is 52.2. The van der Waals surface area contributed by atoms with E-state index in [1.807, 2.05) is 0 Å². The zero-order valence-electron chi connectivity index (χ0n) is 14.9. The van der Waals surface area contributed by atoms with E-state index in [2.05, 4.69) is 5.32 Å². The Kier molecular flexibility index (Phi) is 6.29. The third-order valence-corrected chi connectivity index (χ3v) is 4.99. The Bertz CT molecular complexity index is 1010. The number of anilines is 2. The Labute approximate surface area is 160 Å². The van der Waals surface area contributed by atoms with Gasteiger partial charge < -0.3 is 5.32 Å². The van der Waals surface area contributed by atoms with E-state index in [4.69, 9.17) is 0 Å². The number of sulfonamides is 1. The standard InChI is InChI=1S/C17H17F2N3O5S/c1-3-16(17(23)20-15-8-7-11(18)9-14(15)19)21(28(2,26)27)12-5-4-6-13(10-12)22(24)25/h4-10,16H,3H2,1-2H3,(H,20,23)/t16-/m1/s1. The largest absolute Gasteiger partial charge is 0.322 e. The molecule has 0 aliphatic rings. The highest BCUT2D eigenvalue weighted by Gasteiger charge is 2.32. The van der Waals surface area contributed by atoms with Gasteiger partial charge in [-0.15, -0.1) is 0 Å². The molecule has 0 heterocycles. The van der Waals surface area contributed by atoms with Crippen molar-refractivity contribution in [3.8, 4) is 0 Å². The molecule has 0 aliphatic heterocycles. The van der Waals surface area contributed by atoms with Gasteiger partial charge in [-0.25, -0.2) is 17.2 Å². The number of carbonyl (C=O) groups is 1. The second kappa shape index (κ2) is 8.30. The molecule has 2 aromatic rings. The topological polar surface area (TPSA) is 110 Å². The van der Waals surface area contributed by atoms with E-state index in [1.165, 1.54) is 25.1 Å². The molecule has 0 fully saturated rings. The third kappa shape index (κ3) is 4.80. The molecule has 0 saturated heterocycles. The van der Waals surface area contributed by atoms with Gasteiger partial charge in [0.05, 0.1) is 22.6 Å². The summed E-state index contributed by atoms with van der Waals surface area (Å²) in [5.74, 6) is -2.73. The number of nitro groups is 1. The molecule has 0 spiro atoms. The van der Waals surface area contributed by atoms with Crippen molar-refractivity contribution in [1.82, 2.24) is 0 Å². The predicted molar refractivity (Wildman–Crippen MR) is 99.5 cm³/mol. The number of benzene rings is 2. The smallest absolute Gasteiger partial charge is 0.271 e. The molecule has 0 unspecified atom stereocenters. The number of halogens is 2. The van der Waals surface area contributed by atoms with Crippen LogP contribution >= 0.6 is 0 Å². The molecular weight excluding hydrogens is 396 g/mol. The molecule has 0 radical (unpaired) electrons. The lowest BCUT2D eigenvalue weighted by Gasteiger charge is -2.30. The third-order valence-electron chi connectivity index (χ3n) is 3.81. The minimum absolute atomic E-state index is 0.00951. The van der Waals surface area contributed by atoms with Gasteiger partial charge in [-0.3, -0.25) is 19.2 Å². The van der Waals surface area contributed by atoms with Gasteiger partial charge in [-0.2, -0.15) is 0 Å². The van der Waals surface area contributed by atoms with Crippen LogP contribution in [0.5, 0.6) is 0 Å². The van der Waals surface area contributed by atoms with Crippen LogP contribution < -0.4 is 9.62 Å². The number of hydrogen-bond acceptors (Lipinski definition) is 5. The van der Waals surface area contributed by atoms with Crippen molar-refractivity contribution in [1.29, 1.82) is 0 Å². The SMILES string of the molecule is CC[C@H](C(=O)Nc1ccc(F)cc1F)N(c1cccc([N+](=O)[O-])c1)S(C)(=O)=O. The summed E-state index contributed by atoms with van der Waals surface area (Å²) in [6.07, 6.45) is 0.838. The normalized spacial score (nSPS) is 12.3. The van der Waals surface area contributed by atoms with E-state index in [0.717, 1.165) is 28.8 Å². The minimum atomic E-state index is -4.03. The average Bonchev–Trinajstić information content (AvgIpc) is 2.60. The van der Waals surface area contributed by atoms with Crippen molar-refractivity contribution in [2.45, 2.75) is 19.4 Å². The quantitative estimate of drug-likeness (QED) is 0.554. The van der Waals surface area contributed by atoms with Crippen LogP contribution in [0.4, 0.5) is 25.8 Å². The molecule has 8 nitrogen and oxygen atoms in total. The van der Waals surface area contributed by atoms with Crippen molar-refractivity contribution in [2.24, 2.45) is 0 Å². The maximum absolute atomic E-state index is 13.8. The fraction of sp³-hybridized carbons (Fsp3) is 0.235. The highest BCUT2D eigenvalue weighted by Crippen LogP contribution is 2.27. The van der Waals surface area contributed by atoms with Crippen LogP contribution in [-0.2, 0) is 14.8 Å². The molecule has 1 amide bonds. The van der Waals surface area contributed by atoms with Gasteiger partial charge in [0.15, 0.2) is 0 Å². The molecule has 0 bridgehead atoms. The zero-order chi connectivity index (χ0) is 21.1. The number of nitro benzene ring substituents is 1. The van der Waals surface area contributed by atoms with Gasteiger partial charge in [-0.1, -0.05) is 13.0 Å². The zero-order valence-corrected chi connectivity index (χ0v) is 15.7. The summed E-state index contributed by atoms with van der Waals surface area (Å²) in [4.78, 5) is 22.9. The van der Waals surface area contributed by atoms with Crippen LogP contribution in [-0.4, -0.2) is 31.5 Å². The molecule has 2 aromatic carbocycles. The summed E-state index contributed by atoms with van der Waals surface area (Å²) in [7, 11) is -4.03. The Balaban J connectivity index is 2.44. The van der Waals surface area contributed by atoms with Crippen LogP contribution in [0.25, 0.3) is 0 Å². The van der Waals surface area contributed by atoms with Gasteiger partial charge in [0.25, 0.3) is 5.69 Å². The van der Waals surface area contributed by atoms with Crippen LogP contribution in [0.3, 0.4) is 0 Å². The first kappa shape index (κ1) is 21.2. The lowest BCUT2D eigenvalue weighted by atomic mass is 10.1. The maximum Gasteiger partial charge on any atom is 0.271 e. The summed E-state index contributed by atoms with van der Waals surface area (Å²) in [6, 6.07) is 6.00. The van der Waals surface area contributed by atoms with Crippen molar-refractivity contribution >= 4 is 33.0 Å². The highest BCUT2D eigenvalue weighted by atomic mass is 32.2. The van der Waals surface area contributed by atoms with E-state index in [0.29, 0.717) is 6.07 Å². The average molecular weight is 413 g/mol. The summed E-state index contributed by atoms with van der Waals surface area (Å²) in [6.45, 7) is 1.53. The fourth-order valence-corrected chi connectivity index (χ4v) is 3.81. The van der Waals surface area contributed by atoms with Crippen LogP contribution in [0, 0.1) is 21.7 Å². The van der Waals surface area contributed by atoms with E-state index >= 15 is 0 Å². The van der Waals surface area contributed by atoms with Crippen LogP contribution in [0.1, 0.15) is 13.3 Å². The van der Waals surface area contributed by atoms with Crippen molar-refractivity contribution in [3.63, 3.8) is 0 Å². The van der Waals surface area contributed by atoms with Crippen molar-refractivity contribution in [2.75, 3.05) is 15.9 Å². The summed E-state index contributed by atoms with van der Waals surface area (Å²) >= 11 is 0. The maximum atomic E-state index is 13.8. The van der Waals surface area contributed by atoms with E-state index in [1.54, 1.807) is 0 Å². The molecule has 11 heteroatoms. The molecular formula is C17H17F2N3O5S. The van der Waals surface area contributed by atoms with E-state index in [9.17, 15) is 32.1 Å². The molecule has 2 rings (SSSR count). The molecule has 1 N–H and O–H groups in total. The van der Waals surface area contributed by atoms with Gasteiger partial charge >= 0.3 is 0 Å². The summed E-state index contributed by atoms with van der Waals surface area (Å²) in [5, 5.41) is 13.2. The van der Waals surface area contributed by atoms with E-state index in [-0.39, 0.29) is 23.5 Å². The molecule has 0 aliphatic carbocycles. The number of nitrogens with one attached hydrogen (secondary N) is 1. The van der Waals surface area contributed by atoms with Gasteiger partial charge in [-0.05, 0) is 24.6 Å². The second-order valence-electron chi connectivity index (χ2n) is 5.87. The number of rotatable bonds is 7. The van der Waals surface area contributed by atoms with Crippen LogP contribution in [0.2, 0.25) is 0 Å². The first-order valence-electron chi connectivity index (χ1n) is 8.04. The molecule has 1 atom stereocenters. The minimum Gasteiger partial charge on any atom is -0.322 e. The first-order chi connectivity index (χ1) is 13.0. The fourth-order valence-electron chi connectivity index (χ4n) is 2.61. The van der Waals surface area contributed by atoms with Gasteiger partial charge in [0.1, 0.15) is 17.7 Å². The Hall–Kier alpha value is -3.08. The Morgan fingerprint density at radius 3 is 2.46 bits per heavy atom. The molecule has 0 saturated carbocycles. The Morgan fingerprint density at radius 2 is 1.93 bits per heavy atom. The second-order valence-corrected chi connectivity index (χ2v) is 7.73. The molecule has 28 heavy (non-hydrogen) atoms. The molecule has 150 valence electrons. The summed E-state index contributed by atoms with van der Waals surface area (Å²) in [5.41, 5.74) is -0.762. The van der Waals surface area contributed by atoms with Crippen molar-refractivity contribution in [3.05, 3.63) is 64.2 Å². The highest BCUT2D eigenvalue weighted by molar-refractivity contribution is 7.92. The van der Waals surface area contributed by atoms with E-state index < -0.39 is 38.5 Å². The number of non-ortho nitro benzene ring substituents is 1. The van der Waals surface area contributed by atoms with Crippen molar-refractivity contribution < 1.29 is 26.9 Å². The monoisotopic (exact) mass is 413 g/mol. The lowest BCUT2D eigenvalue weighted by Crippen LogP contribution is -2.47. The van der Waals surface area contributed by atoms with Gasteiger partial charge in [0.2, 0.25) is 15.9 Å². The van der Waals surface area contributed by atoms with Crippen LogP contribution in [0.15, 0.2) is 42.5 Å².